The highest BCUT2D eigenvalue weighted by atomic mass is 32.2. The van der Waals surface area contributed by atoms with Crippen LogP contribution in [0, 0.1) is 6.92 Å². The smallest absolute Gasteiger partial charge is 0.254 e. The van der Waals surface area contributed by atoms with Crippen molar-refractivity contribution in [1.29, 1.82) is 0 Å². The first-order valence-corrected chi connectivity index (χ1v) is 7.09. The molecule has 0 bridgehead atoms. The van der Waals surface area contributed by atoms with Crippen LogP contribution in [0.3, 0.4) is 0 Å². The van der Waals surface area contributed by atoms with E-state index in [-0.39, 0.29) is 11.5 Å². The van der Waals surface area contributed by atoms with E-state index in [0.29, 0.717) is 42.9 Å². The number of hydrogen-bond donors (Lipinski definition) is 0. The predicted molar refractivity (Wildman–Crippen MR) is 72.3 cm³/mol. The Balaban J connectivity index is 1.98. The van der Waals surface area contributed by atoms with E-state index in [0.717, 1.165) is 0 Å². The van der Waals surface area contributed by atoms with E-state index in [1.165, 1.54) is 22.4 Å². The van der Waals surface area contributed by atoms with Crippen LogP contribution in [0.25, 0.3) is 0 Å². The number of carbonyl (C=O) groups is 1. The Hall–Kier alpha value is -1.34. The summed E-state index contributed by atoms with van der Waals surface area (Å²) in [5, 5.41) is 0.576. The van der Waals surface area contributed by atoms with Gasteiger partial charge in [0.05, 0.1) is 19.0 Å². The first kappa shape index (κ1) is 14.1. The maximum absolute atomic E-state index is 12.0. The van der Waals surface area contributed by atoms with Crippen molar-refractivity contribution in [1.82, 2.24) is 14.5 Å². The zero-order chi connectivity index (χ0) is 13.8. The summed E-state index contributed by atoms with van der Waals surface area (Å²) < 4.78 is 6.67. The van der Waals surface area contributed by atoms with E-state index in [1.54, 1.807) is 18.9 Å². The molecule has 0 N–H and O–H groups in total. The van der Waals surface area contributed by atoms with Crippen LogP contribution in [0.5, 0.6) is 0 Å². The number of rotatable bonds is 3. The molecule has 2 rings (SSSR count). The molecule has 6 nitrogen and oxygen atoms in total. The molecule has 1 aromatic heterocycles. The Labute approximate surface area is 115 Å². The summed E-state index contributed by atoms with van der Waals surface area (Å²) >= 11 is 1.30. The number of hydrogen-bond acceptors (Lipinski definition) is 5. The van der Waals surface area contributed by atoms with Crippen LogP contribution in [0.2, 0.25) is 0 Å². The molecule has 0 unspecified atom stereocenters. The van der Waals surface area contributed by atoms with E-state index in [4.69, 9.17) is 4.74 Å². The Morgan fingerprint density at radius 1 is 1.47 bits per heavy atom. The van der Waals surface area contributed by atoms with E-state index >= 15 is 0 Å². The van der Waals surface area contributed by atoms with Gasteiger partial charge in [0.25, 0.3) is 5.56 Å². The van der Waals surface area contributed by atoms with Crippen molar-refractivity contribution in [2.24, 2.45) is 7.05 Å². The summed E-state index contributed by atoms with van der Waals surface area (Å²) in [5.74, 6) is 0.355. The number of amides is 1. The van der Waals surface area contributed by atoms with Gasteiger partial charge >= 0.3 is 0 Å². The lowest BCUT2D eigenvalue weighted by Crippen LogP contribution is -2.41. The lowest BCUT2D eigenvalue weighted by molar-refractivity contribution is -0.132. The zero-order valence-corrected chi connectivity index (χ0v) is 11.9. The highest BCUT2D eigenvalue weighted by Gasteiger charge is 2.17. The average Bonchev–Trinajstić information content (AvgIpc) is 2.41. The molecule has 1 saturated heterocycles. The van der Waals surface area contributed by atoms with Crippen LogP contribution in [-0.4, -0.2) is 52.4 Å². The second kappa shape index (κ2) is 6.21. The van der Waals surface area contributed by atoms with Crippen LogP contribution < -0.4 is 5.56 Å². The van der Waals surface area contributed by atoms with Crippen LogP contribution in [0.4, 0.5) is 0 Å². The summed E-state index contributed by atoms with van der Waals surface area (Å²) in [6, 6.07) is 1.48. The van der Waals surface area contributed by atoms with Crippen LogP contribution in [-0.2, 0) is 16.6 Å². The standard InChI is InChI=1S/C12H17N3O3S/c1-9-7-10(16)14(2)12(13-9)19-8-11(17)15-3-5-18-6-4-15/h7H,3-6,8H2,1-2H3. The van der Waals surface area contributed by atoms with Gasteiger partial charge in [0.15, 0.2) is 5.16 Å². The third kappa shape index (κ3) is 3.57. The van der Waals surface area contributed by atoms with Crippen molar-refractivity contribution in [2.45, 2.75) is 12.1 Å². The molecule has 0 saturated carbocycles. The summed E-state index contributed by atoms with van der Waals surface area (Å²) in [5.41, 5.74) is 0.568. The molecule has 1 aliphatic rings. The highest BCUT2D eigenvalue weighted by molar-refractivity contribution is 7.99. The molecule has 0 aromatic carbocycles. The number of thioether (sulfide) groups is 1. The second-order valence-electron chi connectivity index (χ2n) is 4.36. The van der Waals surface area contributed by atoms with Crippen molar-refractivity contribution in [3.63, 3.8) is 0 Å². The number of nitrogens with zero attached hydrogens (tertiary/aromatic N) is 3. The normalized spacial score (nSPS) is 15.6. The molecular formula is C12H17N3O3S. The number of ether oxygens (including phenoxy) is 1. The molecule has 0 atom stereocenters. The summed E-state index contributed by atoms with van der Waals surface area (Å²) in [6.45, 7) is 4.24. The maximum atomic E-state index is 12.0. The van der Waals surface area contributed by atoms with E-state index < -0.39 is 0 Å². The van der Waals surface area contributed by atoms with E-state index in [1.807, 2.05) is 0 Å². The van der Waals surface area contributed by atoms with Gasteiger partial charge in [-0.3, -0.25) is 14.2 Å². The quantitative estimate of drug-likeness (QED) is 0.579. The molecule has 1 fully saturated rings. The van der Waals surface area contributed by atoms with Crippen molar-refractivity contribution >= 4 is 17.7 Å². The molecule has 7 heteroatoms. The monoisotopic (exact) mass is 283 g/mol. The van der Waals surface area contributed by atoms with Crippen molar-refractivity contribution in [2.75, 3.05) is 32.1 Å². The van der Waals surface area contributed by atoms with Crippen LogP contribution >= 0.6 is 11.8 Å². The summed E-state index contributed by atoms with van der Waals surface area (Å²) in [6.07, 6.45) is 0. The molecule has 0 radical (unpaired) electrons. The number of carbonyl (C=O) groups excluding carboxylic acids is 1. The van der Waals surface area contributed by atoms with Crippen molar-refractivity contribution in [3.8, 4) is 0 Å². The second-order valence-corrected chi connectivity index (χ2v) is 5.30. The summed E-state index contributed by atoms with van der Waals surface area (Å²) in [7, 11) is 1.66. The molecule has 0 spiro atoms. The number of aromatic nitrogens is 2. The molecule has 19 heavy (non-hydrogen) atoms. The average molecular weight is 283 g/mol. The fraction of sp³-hybridized carbons (Fsp3) is 0.583. The first-order valence-electron chi connectivity index (χ1n) is 6.11. The Kier molecular flexibility index (Phi) is 4.60. The fourth-order valence-electron chi connectivity index (χ4n) is 1.79. The van der Waals surface area contributed by atoms with E-state index in [9.17, 15) is 9.59 Å². The minimum Gasteiger partial charge on any atom is -0.378 e. The van der Waals surface area contributed by atoms with Crippen molar-refractivity contribution < 1.29 is 9.53 Å². The summed E-state index contributed by atoms with van der Waals surface area (Å²) in [4.78, 5) is 29.7. The zero-order valence-electron chi connectivity index (χ0n) is 11.1. The van der Waals surface area contributed by atoms with Gasteiger partial charge in [0.2, 0.25) is 5.91 Å². The van der Waals surface area contributed by atoms with Gasteiger partial charge in [-0.15, -0.1) is 0 Å². The Morgan fingerprint density at radius 2 is 2.16 bits per heavy atom. The largest absolute Gasteiger partial charge is 0.378 e. The minimum absolute atomic E-state index is 0.0593. The molecule has 2 heterocycles. The molecule has 1 aromatic rings. The topological polar surface area (TPSA) is 64.4 Å². The lowest BCUT2D eigenvalue weighted by Gasteiger charge is -2.26. The van der Waals surface area contributed by atoms with Gasteiger partial charge < -0.3 is 9.64 Å². The maximum Gasteiger partial charge on any atom is 0.254 e. The SMILES string of the molecule is Cc1cc(=O)n(C)c(SCC(=O)N2CCOCC2)n1. The third-order valence-electron chi connectivity index (χ3n) is 2.91. The minimum atomic E-state index is -0.103. The first-order chi connectivity index (χ1) is 9.08. The van der Waals surface area contributed by atoms with Gasteiger partial charge in [0, 0.05) is 31.9 Å². The number of aryl methyl sites for hydroxylation is 1. The predicted octanol–water partition coefficient (Wildman–Crippen LogP) is 0.0396. The van der Waals surface area contributed by atoms with Crippen molar-refractivity contribution in [3.05, 3.63) is 22.1 Å². The lowest BCUT2D eigenvalue weighted by atomic mass is 10.4. The molecular weight excluding hydrogens is 266 g/mol. The molecule has 0 aliphatic carbocycles. The van der Waals surface area contributed by atoms with Gasteiger partial charge in [0.1, 0.15) is 0 Å². The third-order valence-corrected chi connectivity index (χ3v) is 3.93. The number of morpholine rings is 1. The van der Waals surface area contributed by atoms with Crippen LogP contribution in [0.15, 0.2) is 16.0 Å². The highest BCUT2D eigenvalue weighted by Crippen LogP contribution is 2.14. The molecule has 1 amide bonds. The molecule has 104 valence electrons. The van der Waals surface area contributed by atoms with Gasteiger partial charge in [-0.2, -0.15) is 0 Å². The van der Waals surface area contributed by atoms with Gasteiger partial charge in [-0.05, 0) is 6.92 Å². The fourth-order valence-corrected chi connectivity index (χ4v) is 2.71. The Morgan fingerprint density at radius 3 is 2.84 bits per heavy atom. The van der Waals surface area contributed by atoms with Crippen LogP contribution in [0.1, 0.15) is 5.69 Å². The van der Waals surface area contributed by atoms with E-state index in [2.05, 4.69) is 4.98 Å². The van der Waals surface area contributed by atoms with Gasteiger partial charge in [-0.25, -0.2) is 4.98 Å². The Bertz CT molecular complexity index is 523. The molecule has 1 aliphatic heterocycles. The van der Waals surface area contributed by atoms with Gasteiger partial charge in [-0.1, -0.05) is 11.8 Å².